The van der Waals surface area contributed by atoms with Gasteiger partial charge in [0, 0.05) is 18.5 Å². The number of benzene rings is 1. The highest BCUT2D eigenvalue weighted by molar-refractivity contribution is 5.96. The number of carbonyl (C=O) groups excluding carboxylic acids is 1. The lowest BCUT2D eigenvalue weighted by Gasteiger charge is -2.34. The number of hydrogen-bond donors (Lipinski definition) is 0. The maximum absolute atomic E-state index is 12.4. The van der Waals surface area contributed by atoms with E-state index in [1.165, 1.54) is 0 Å². The summed E-state index contributed by atoms with van der Waals surface area (Å²) in [5.41, 5.74) is 0.430. The van der Waals surface area contributed by atoms with Gasteiger partial charge in [0.05, 0.1) is 11.5 Å². The first-order valence-corrected chi connectivity index (χ1v) is 6.80. The molecule has 4 heteroatoms. The van der Waals surface area contributed by atoms with Gasteiger partial charge in [0.2, 0.25) is 0 Å². The van der Waals surface area contributed by atoms with Crippen LogP contribution >= 0.6 is 0 Å². The fourth-order valence-electron chi connectivity index (χ4n) is 2.56. The van der Waals surface area contributed by atoms with E-state index in [-0.39, 0.29) is 11.3 Å². The molecule has 2 aromatic rings. The Labute approximate surface area is 117 Å². The van der Waals surface area contributed by atoms with Gasteiger partial charge in [-0.15, -0.1) is 0 Å². The van der Waals surface area contributed by atoms with Crippen molar-refractivity contribution in [2.75, 3.05) is 13.1 Å². The predicted molar refractivity (Wildman–Crippen MR) is 75.1 cm³/mol. The van der Waals surface area contributed by atoms with Crippen molar-refractivity contribution in [2.45, 2.75) is 19.8 Å². The first-order chi connectivity index (χ1) is 9.61. The minimum absolute atomic E-state index is 0.0822. The molecule has 3 rings (SSSR count). The second-order valence-corrected chi connectivity index (χ2v) is 5.61. The fraction of sp³-hybridized carbons (Fsp3) is 0.375. The van der Waals surface area contributed by atoms with Gasteiger partial charge in [-0.25, -0.2) is 0 Å². The third-order valence-corrected chi connectivity index (χ3v) is 4.06. The molecule has 4 nitrogen and oxygen atoms in total. The van der Waals surface area contributed by atoms with Gasteiger partial charge in [-0.1, -0.05) is 18.2 Å². The lowest BCUT2D eigenvalue weighted by atomic mass is 9.82. The summed E-state index contributed by atoms with van der Waals surface area (Å²) in [4.78, 5) is 14.2. The molecule has 1 aromatic carbocycles. The first kappa shape index (κ1) is 12.7. The van der Waals surface area contributed by atoms with Crippen LogP contribution in [0.5, 0.6) is 0 Å². The summed E-state index contributed by atoms with van der Waals surface area (Å²) in [6.07, 6.45) is 1.44. The number of nitriles is 1. The first-order valence-electron chi connectivity index (χ1n) is 6.80. The molecule has 0 spiro atoms. The van der Waals surface area contributed by atoms with E-state index in [1.807, 2.05) is 31.2 Å². The van der Waals surface area contributed by atoms with Crippen LogP contribution in [-0.2, 0) is 0 Å². The van der Waals surface area contributed by atoms with E-state index in [9.17, 15) is 4.79 Å². The second kappa shape index (κ2) is 4.68. The van der Waals surface area contributed by atoms with Crippen LogP contribution in [0.25, 0.3) is 11.0 Å². The second-order valence-electron chi connectivity index (χ2n) is 5.61. The third kappa shape index (κ3) is 2.16. The Morgan fingerprint density at radius 1 is 1.35 bits per heavy atom. The van der Waals surface area contributed by atoms with Crippen LogP contribution in [0.1, 0.15) is 30.3 Å². The number of furan rings is 1. The molecule has 0 bridgehead atoms. The minimum atomic E-state index is -0.301. The Hall–Kier alpha value is -2.28. The standard InChI is InChI=1S/C16H16N2O2/c1-16(11-17)6-8-18(9-7-16)15(19)14-10-12-4-2-3-5-13(12)20-14/h2-5,10H,6-9H2,1H3. The molecule has 2 heterocycles. The highest BCUT2D eigenvalue weighted by atomic mass is 16.3. The van der Waals surface area contributed by atoms with E-state index in [2.05, 4.69) is 6.07 Å². The molecule has 1 aliphatic heterocycles. The van der Waals surface area contributed by atoms with E-state index in [1.54, 1.807) is 11.0 Å². The van der Waals surface area contributed by atoms with Crippen molar-refractivity contribution in [1.29, 1.82) is 5.26 Å². The Morgan fingerprint density at radius 2 is 2.05 bits per heavy atom. The zero-order chi connectivity index (χ0) is 14.2. The van der Waals surface area contributed by atoms with Crippen molar-refractivity contribution in [3.8, 4) is 6.07 Å². The molecular weight excluding hydrogens is 252 g/mol. The molecule has 1 aromatic heterocycles. The summed E-state index contributed by atoms with van der Waals surface area (Å²) in [6.45, 7) is 3.18. The number of likely N-dealkylation sites (tertiary alicyclic amines) is 1. The topological polar surface area (TPSA) is 57.2 Å². The summed E-state index contributed by atoms with van der Waals surface area (Å²) in [6, 6.07) is 11.7. The van der Waals surface area contributed by atoms with Crippen LogP contribution in [0.3, 0.4) is 0 Å². The predicted octanol–water partition coefficient (Wildman–Crippen LogP) is 3.20. The average Bonchev–Trinajstić information content (AvgIpc) is 2.91. The molecule has 0 radical (unpaired) electrons. The maximum Gasteiger partial charge on any atom is 0.289 e. The molecule has 1 aliphatic rings. The summed E-state index contributed by atoms with van der Waals surface area (Å²) in [5, 5.41) is 10.1. The van der Waals surface area contributed by atoms with Gasteiger partial charge in [-0.2, -0.15) is 5.26 Å². The Kier molecular flexibility index (Phi) is 2.98. The number of para-hydroxylation sites is 1. The highest BCUT2D eigenvalue weighted by Gasteiger charge is 2.32. The Bertz CT molecular complexity index is 655. The quantitative estimate of drug-likeness (QED) is 0.798. The van der Waals surface area contributed by atoms with Gasteiger partial charge in [0.1, 0.15) is 5.58 Å². The van der Waals surface area contributed by atoms with Crippen LogP contribution in [0.15, 0.2) is 34.7 Å². The Morgan fingerprint density at radius 3 is 2.70 bits per heavy atom. The normalized spacial score (nSPS) is 17.9. The fourth-order valence-corrected chi connectivity index (χ4v) is 2.56. The lowest BCUT2D eigenvalue weighted by molar-refractivity contribution is 0.0632. The zero-order valence-electron chi connectivity index (χ0n) is 11.4. The number of hydrogen-bond acceptors (Lipinski definition) is 3. The summed E-state index contributed by atoms with van der Waals surface area (Å²) in [5.74, 6) is 0.299. The van der Waals surface area contributed by atoms with E-state index < -0.39 is 0 Å². The average molecular weight is 268 g/mol. The van der Waals surface area contributed by atoms with Crippen molar-refractivity contribution in [3.05, 3.63) is 36.1 Å². The van der Waals surface area contributed by atoms with Crippen molar-refractivity contribution < 1.29 is 9.21 Å². The van der Waals surface area contributed by atoms with Crippen LogP contribution < -0.4 is 0 Å². The number of rotatable bonds is 1. The van der Waals surface area contributed by atoms with Gasteiger partial charge < -0.3 is 9.32 Å². The van der Waals surface area contributed by atoms with Crippen molar-refractivity contribution in [3.63, 3.8) is 0 Å². The molecule has 102 valence electrons. The van der Waals surface area contributed by atoms with E-state index in [0.29, 0.717) is 18.8 Å². The third-order valence-electron chi connectivity index (χ3n) is 4.06. The molecule has 20 heavy (non-hydrogen) atoms. The van der Waals surface area contributed by atoms with Gasteiger partial charge in [0.15, 0.2) is 5.76 Å². The van der Waals surface area contributed by atoms with Crippen LogP contribution in [0.4, 0.5) is 0 Å². The van der Waals surface area contributed by atoms with Crippen LogP contribution in [0, 0.1) is 16.7 Å². The maximum atomic E-state index is 12.4. The molecule has 0 saturated carbocycles. The summed E-state index contributed by atoms with van der Waals surface area (Å²) < 4.78 is 5.61. The Balaban J connectivity index is 1.78. The van der Waals surface area contributed by atoms with Gasteiger partial charge in [-0.3, -0.25) is 4.79 Å². The van der Waals surface area contributed by atoms with Gasteiger partial charge in [-0.05, 0) is 31.9 Å². The molecule has 0 aliphatic carbocycles. The van der Waals surface area contributed by atoms with Crippen molar-refractivity contribution in [1.82, 2.24) is 4.90 Å². The van der Waals surface area contributed by atoms with Gasteiger partial charge >= 0.3 is 0 Å². The van der Waals surface area contributed by atoms with Crippen molar-refractivity contribution in [2.24, 2.45) is 5.41 Å². The number of piperidine rings is 1. The van der Waals surface area contributed by atoms with E-state index >= 15 is 0 Å². The van der Waals surface area contributed by atoms with Crippen LogP contribution in [0.2, 0.25) is 0 Å². The van der Waals surface area contributed by atoms with E-state index in [4.69, 9.17) is 9.68 Å². The number of nitrogens with zero attached hydrogens (tertiary/aromatic N) is 2. The molecule has 1 fully saturated rings. The number of carbonyl (C=O) groups is 1. The molecule has 1 amide bonds. The summed E-state index contributed by atoms with van der Waals surface area (Å²) >= 11 is 0. The minimum Gasteiger partial charge on any atom is -0.451 e. The van der Waals surface area contributed by atoms with Crippen LogP contribution in [-0.4, -0.2) is 23.9 Å². The largest absolute Gasteiger partial charge is 0.451 e. The van der Waals surface area contributed by atoms with Gasteiger partial charge in [0.25, 0.3) is 5.91 Å². The number of fused-ring (bicyclic) bond motifs is 1. The molecule has 0 unspecified atom stereocenters. The van der Waals surface area contributed by atoms with E-state index in [0.717, 1.165) is 23.8 Å². The monoisotopic (exact) mass is 268 g/mol. The molecule has 1 saturated heterocycles. The van der Waals surface area contributed by atoms with Crippen molar-refractivity contribution >= 4 is 16.9 Å². The lowest BCUT2D eigenvalue weighted by Crippen LogP contribution is -2.41. The smallest absolute Gasteiger partial charge is 0.289 e. The number of amides is 1. The highest BCUT2D eigenvalue weighted by Crippen LogP contribution is 2.31. The zero-order valence-corrected chi connectivity index (χ0v) is 11.4. The summed E-state index contributed by atoms with van der Waals surface area (Å²) in [7, 11) is 0. The molecular formula is C16H16N2O2. The SMILES string of the molecule is CC1(C#N)CCN(C(=O)c2cc3ccccc3o2)CC1. The molecule has 0 N–H and O–H groups in total. The molecule has 0 atom stereocenters.